The van der Waals surface area contributed by atoms with Gasteiger partial charge in [0.15, 0.2) is 0 Å². The van der Waals surface area contributed by atoms with Gasteiger partial charge in [-0.05, 0) is 83.7 Å². The molecule has 0 aliphatic heterocycles. The summed E-state index contributed by atoms with van der Waals surface area (Å²) in [4.78, 5) is 32.7. The van der Waals surface area contributed by atoms with Crippen molar-refractivity contribution in [3.8, 4) is 0 Å². The highest BCUT2D eigenvalue weighted by Gasteiger charge is 2.31. The summed E-state index contributed by atoms with van der Waals surface area (Å²) in [5, 5.41) is 14.2. The van der Waals surface area contributed by atoms with Gasteiger partial charge in [0.25, 0.3) is 17.9 Å². The largest absolute Gasteiger partial charge is 0.388 e. The highest BCUT2D eigenvalue weighted by atomic mass is 19.3. The van der Waals surface area contributed by atoms with Gasteiger partial charge in [0.1, 0.15) is 0 Å². The van der Waals surface area contributed by atoms with Crippen molar-refractivity contribution in [2.24, 2.45) is 0 Å². The van der Waals surface area contributed by atoms with Gasteiger partial charge in [0.2, 0.25) is 0 Å². The van der Waals surface area contributed by atoms with Crippen LogP contribution in [0.5, 0.6) is 0 Å². The van der Waals surface area contributed by atoms with Crippen LogP contribution in [0.25, 0.3) is 0 Å². The van der Waals surface area contributed by atoms with Crippen molar-refractivity contribution >= 4 is 23.5 Å². The van der Waals surface area contributed by atoms with E-state index in [1.165, 1.54) is 6.21 Å². The van der Waals surface area contributed by atoms with Crippen LogP contribution in [0.4, 0.5) is 20.2 Å². The molecule has 1 aromatic heterocycles. The number of nitrogens with one attached hydrogen (secondary N) is 4. The average Bonchev–Trinajstić information content (AvgIpc) is 2.88. The number of halogens is 2. The lowest BCUT2D eigenvalue weighted by Gasteiger charge is -2.41. The van der Waals surface area contributed by atoms with Gasteiger partial charge in [0, 0.05) is 66.5 Å². The summed E-state index contributed by atoms with van der Waals surface area (Å²) >= 11 is 0. The van der Waals surface area contributed by atoms with Crippen LogP contribution in [0.2, 0.25) is 0 Å². The van der Waals surface area contributed by atoms with E-state index in [1.54, 1.807) is 25.1 Å². The number of carbonyl (C=O) groups is 1. The normalized spacial score (nSPS) is 17.4. The number of pyridine rings is 1. The average molecular weight is 545 g/mol. The molecule has 214 valence electrons. The Morgan fingerprint density at radius 1 is 1.18 bits per heavy atom. The minimum atomic E-state index is -2.35. The van der Waals surface area contributed by atoms with E-state index in [0.717, 1.165) is 48.2 Å². The first-order valence-corrected chi connectivity index (χ1v) is 13.6. The molecule has 1 saturated carbocycles. The highest BCUT2D eigenvalue weighted by molar-refractivity contribution is 6.03. The first-order chi connectivity index (χ1) is 18.5. The van der Waals surface area contributed by atoms with Crippen molar-refractivity contribution in [1.29, 1.82) is 5.41 Å². The number of alkyl halides is 2. The van der Waals surface area contributed by atoms with Gasteiger partial charge >= 0.3 is 0 Å². The predicted molar refractivity (Wildman–Crippen MR) is 154 cm³/mol. The van der Waals surface area contributed by atoms with Crippen molar-refractivity contribution in [2.45, 2.75) is 78.4 Å². The molecule has 1 aliphatic rings. The van der Waals surface area contributed by atoms with Crippen LogP contribution < -0.4 is 21.1 Å². The number of rotatable bonds is 11. The molecular weight excluding hydrogens is 502 g/mol. The topological polar surface area (TPSA) is 104 Å². The lowest BCUT2D eigenvalue weighted by atomic mass is 9.88. The second-order valence-corrected chi connectivity index (χ2v) is 10.5. The fourth-order valence-corrected chi connectivity index (χ4v) is 5.89. The van der Waals surface area contributed by atoms with Crippen LogP contribution in [0.1, 0.15) is 70.9 Å². The smallest absolute Gasteiger partial charge is 0.253 e. The molecule has 0 bridgehead atoms. The molecule has 4 N–H and O–H groups in total. The maximum Gasteiger partial charge on any atom is 0.253 e. The number of aromatic amines is 1. The number of benzene rings is 1. The van der Waals surface area contributed by atoms with Gasteiger partial charge in [0.05, 0.1) is 12.2 Å². The summed E-state index contributed by atoms with van der Waals surface area (Å²) in [5.41, 5.74) is 5.33. The number of aryl methyl sites for hydroxylation is 2. The molecule has 0 spiro atoms. The van der Waals surface area contributed by atoms with E-state index in [1.807, 2.05) is 26.8 Å². The quantitative estimate of drug-likeness (QED) is 0.310. The van der Waals surface area contributed by atoms with Gasteiger partial charge in [-0.25, -0.2) is 8.78 Å². The fourth-order valence-electron chi connectivity index (χ4n) is 5.89. The second kappa shape index (κ2) is 13.2. The van der Waals surface area contributed by atoms with Crippen LogP contribution in [0, 0.1) is 26.2 Å². The summed E-state index contributed by atoms with van der Waals surface area (Å²) in [7, 11) is 3.53. The van der Waals surface area contributed by atoms with Crippen LogP contribution >= 0.6 is 0 Å². The number of H-pyrrole nitrogens is 1. The Bertz CT molecular complexity index is 1240. The number of aromatic nitrogens is 1. The zero-order chi connectivity index (χ0) is 28.9. The van der Waals surface area contributed by atoms with Crippen LogP contribution in [-0.2, 0) is 6.54 Å². The van der Waals surface area contributed by atoms with Gasteiger partial charge in [-0.1, -0.05) is 0 Å². The number of carbonyl (C=O) groups excluding carboxylic acids is 1. The zero-order valence-electron chi connectivity index (χ0n) is 23.9. The number of amides is 1. The van der Waals surface area contributed by atoms with E-state index in [-0.39, 0.29) is 36.6 Å². The van der Waals surface area contributed by atoms with E-state index in [0.29, 0.717) is 28.9 Å². The third-order valence-corrected chi connectivity index (χ3v) is 7.96. The summed E-state index contributed by atoms with van der Waals surface area (Å²) in [5.74, 6) is -0.297. The SMILES string of the molecule is CCN(c1c(C)c(C(=O)NCc2c(C)cc(C)[nH]c2=O)cc(NC)c1C=N)C1CCC(N(C)CC(F)F)CC1. The second-order valence-electron chi connectivity index (χ2n) is 10.5. The van der Waals surface area contributed by atoms with Gasteiger partial charge in [-0.15, -0.1) is 0 Å². The van der Waals surface area contributed by atoms with E-state index in [9.17, 15) is 18.4 Å². The molecule has 0 saturated heterocycles. The number of hydrogen-bond donors (Lipinski definition) is 4. The molecule has 3 rings (SSSR count). The molecule has 39 heavy (non-hydrogen) atoms. The molecule has 10 heteroatoms. The van der Waals surface area contributed by atoms with E-state index >= 15 is 0 Å². The van der Waals surface area contributed by atoms with Gasteiger partial charge in [-0.3, -0.25) is 14.5 Å². The fraction of sp³-hybridized carbons (Fsp3) is 0.552. The van der Waals surface area contributed by atoms with Gasteiger partial charge < -0.3 is 25.9 Å². The molecule has 1 amide bonds. The molecule has 1 heterocycles. The maximum absolute atomic E-state index is 13.4. The van der Waals surface area contributed by atoms with Crippen LogP contribution in [0.3, 0.4) is 0 Å². The number of anilines is 2. The first-order valence-electron chi connectivity index (χ1n) is 13.6. The molecule has 2 aromatic rings. The van der Waals surface area contributed by atoms with Crippen molar-refractivity contribution in [3.05, 3.63) is 56.0 Å². The number of hydrogen-bond acceptors (Lipinski definition) is 6. The third kappa shape index (κ3) is 6.84. The maximum atomic E-state index is 13.4. The summed E-state index contributed by atoms with van der Waals surface area (Å²) in [6.45, 7) is 8.18. The molecule has 0 radical (unpaired) electrons. The molecular formula is C29H42F2N6O2. The van der Waals surface area contributed by atoms with Crippen molar-refractivity contribution in [3.63, 3.8) is 0 Å². The van der Waals surface area contributed by atoms with Crippen molar-refractivity contribution < 1.29 is 13.6 Å². The lowest BCUT2D eigenvalue weighted by molar-refractivity contribution is 0.0688. The Kier molecular flexibility index (Phi) is 10.2. The zero-order valence-corrected chi connectivity index (χ0v) is 23.9. The first kappa shape index (κ1) is 30.3. The summed E-state index contributed by atoms with van der Waals surface area (Å²) < 4.78 is 25.8. The minimum absolute atomic E-state index is 0.101. The molecule has 0 unspecified atom stereocenters. The Balaban J connectivity index is 1.90. The monoisotopic (exact) mass is 544 g/mol. The van der Waals surface area contributed by atoms with E-state index < -0.39 is 6.43 Å². The Morgan fingerprint density at radius 2 is 1.82 bits per heavy atom. The Morgan fingerprint density at radius 3 is 2.36 bits per heavy atom. The highest BCUT2D eigenvalue weighted by Crippen LogP contribution is 2.37. The molecule has 8 nitrogen and oxygen atoms in total. The summed E-state index contributed by atoms with van der Waals surface area (Å²) in [6, 6.07) is 3.92. The lowest BCUT2D eigenvalue weighted by Crippen LogP contribution is -2.44. The molecule has 0 atom stereocenters. The Hall–Kier alpha value is -3.27. The van der Waals surface area contributed by atoms with Crippen LogP contribution in [-0.4, -0.2) is 67.7 Å². The molecule has 1 aliphatic carbocycles. The van der Waals surface area contributed by atoms with Crippen molar-refractivity contribution in [1.82, 2.24) is 15.2 Å². The Labute approximate surface area is 229 Å². The van der Waals surface area contributed by atoms with E-state index in [2.05, 4.69) is 27.4 Å². The van der Waals surface area contributed by atoms with Gasteiger partial charge in [-0.2, -0.15) is 0 Å². The minimum Gasteiger partial charge on any atom is -0.388 e. The summed E-state index contributed by atoms with van der Waals surface area (Å²) in [6.07, 6.45) is 2.27. The third-order valence-electron chi connectivity index (χ3n) is 7.96. The van der Waals surface area contributed by atoms with Crippen LogP contribution in [0.15, 0.2) is 16.9 Å². The van der Waals surface area contributed by atoms with E-state index in [4.69, 9.17) is 5.41 Å². The standard InChI is InChI=1S/C29H42F2N6O2/c1-7-37(21-10-8-20(9-11-21)36(6)16-26(30)31)27-19(4)22(13-25(33-5)23(27)14-32)28(38)34-15-24-17(2)12-18(3)35-29(24)39/h12-14,20-21,26,32-33H,7-11,15-16H2,1-6H3,(H,34,38)(H,35,39). The molecule has 1 fully saturated rings. The molecule has 1 aromatic carbocycles. The predicted octanol–water partition coefficient (Wildman–Crippen LogP) is 4.60. The number of nitrogens with zero attached hydrogens (tertiary/aromatic N) is 2. The van der Waals surface area contributed by atoms with Crippen molar-refractivity contribution in [2.75, 3.05) is 37.4 Å².